The molecule has 6 nitrogen and oxygen atoms in total. The third kappa shape index (κ3) is 3.93. The molecular formula is C18H20FN3O3. The van der Waals surface area contributed by atoms with Crippen LogP contribution in [0.3, 0.4) is 0 Å². The van der Waals surface area contributed by atoms with Crippen molar-refractivity contribution < 1.29 is 19.4 Å². The van der Waals surface area contributed by atoms with Gasteiger partial charge in [0.15, 0.2) is 5.69 Å². The first kappa shape index (κ1) is 17.3. The lowest BCUT2D eigenvalue weighted by Crippen LogP contribution is -2.39. The van der Waals surface area contributed by atoms with E-state index < -0.39 is 12.1 Å². The van der Waals surface area contributed by atoms with Gasteiger partial charge < -0.3 is 15.5 Å². The van der Waals surface area contributed by atoms with Crippen LogP contribution in [0.4, 0.5) is 10.2 Å². The number of aromatic nitrogens is 2. The molecular weight excluding hydrogens is 325 g/mol. The van der Waals surface area contributed by atoms with E-state index in [0.29, 0.717) is 18.8 Å². The van der Waals surface area contributed by atoms with E-state index in [-0.39, 0.29) is 16.9 Å². The molecule has 0 spiro atoms. The fraction of sp³-hybridized carbons (Fsp3) is 0.389. The molecule has 3 N–H and O–H groups in total. The molecule has 1 aromatic carbocycles. The van der Waals surface area contributed by atoms with Crippen molar-refractivity contribution in [3.63, 3.8) is 0 Å². The van der Waals surface area contributed by atoms with Crippen LogP contribution >= 0.6 is 0 Å². The second-order valence-electron chi connectivity index (χ2n) is 6.52. The van der Waals surface area contributed by atoms with Gasteiger partial charge in [-0.2, -0.15) is 0 Å². The lowest BCUT2D eigenvalue weighted by molar-refractivity contribution is 0.0618. The molecule has 0 amide bonds. The number of aliphatic hydroxyl groups excluding tert-OH is 1. The second-order valence-corrected chi connectivity index (χ2v) is 6.52. The Balaban J connectivity index is 1.72. The van der Waals surface area contributed by atoms with E-state index in [1.54, 1.807) is 12.1 Å². The number of halogens is 1. The van der Waals surface area contributed by atoms with Crippen LogP contribution in [0.25, 0.3) is 0 Å². The van der Waals surface area contributed by atoms with Crippen LogP contribution in [0.1, 0.15) is 35.3 Å². The third-order valence-electron chi connectivity index (χ3n) is 4.82. The Labute approximate surface area is 144 Å². The van der Waals surface area contributed by atoms with Gasteiger partial charge >= 0.3 is 5.97 Å². The van der Waals surface area contributed by atoms with E-state index in [9.17, 15) is 14.3 Å². The first-order chi connectivity index (χ1) is 12.0. The maximum absolute atomic E-state index is 13.1. The number of carboxylic acids is 1. The molecule has 7 heteroatoms. The van der Waals surface area contributed by atoms with Crippen LogP contribution < -0.4 is 5.32 Å². The molecule has 1 heterocycles. The first-order valence-electron chi connectivity index (χ1n) is 8.20. The number of nitrogens with zero attached hydrogens (tertiary/aromatic N) is 2. The zero-order chi connectivity index (χ0) is 17.9. The number of aliphatic hydroxyl groups is 1. The summed E-state index contributed by atoms with van der Waals surface area (Å²) < 4.78 is 13.1. The fourth-order valence-corrected chi connectivity index (χ4v) is 3.40. The molecule has 0 bridgehead atoms. The minimum absolute atomic E-state index is 0.118. The summed E-state index contributed by atoms with van der Waals surface area (Å²) in [5.41, 5.74) is 0.481. The summed E-state index contributed by atoms with van der Waals surface area (Å²) in [5.74, 6) is -0.947. The highest BCUT2D eigenvalue weighted by atomic mass is 19.1. The van der Waals surface area contributed by atoms with Gasteiger partial charge in [-0.1, -0.05) is 18.6 Å². The number of hydrogen-bond acceptors (Lipinski definition) is 5. The van der Waals surface area contributed by atoms with Gasteiger partial charge in [0.2, 0.25) is 0 Å². The standard InChI is InChI=1S/C18H20FN3O3/c19-13-5-3-12(4-6-13)8-18(7-1-2-15(18)23)11-22-16-10-20-14(9-21-16)17(24)25/h3-6,9-10,15,23H,1-2,7-8,11H2,(H,21,22)(H,24,25). The number of aromatic carboxylic acids is 1. The highest BCUT2D eigenvalue weighted by Crippen LogP contribution is 2.41. The molecule has 132 valence electrons. The van der Waals surface area contributed by atoms with Crippen molar-refractivity contribution in [1.29, 1.82) is 0 Å². The number of carbonyl (C=O) groups is 1. The van der Waals surface area contributed by atoms with Crippen LogP contribution in [0.5, 0.6) is 0 Å². The number of hydrogen-bond donors (Lipinski definition) is 3. The van der Waals surface area contributed by atoms with Crippen molar-refractivity contribution in [3.8, 4) is 0 Å². The quantitative estimate of drug-likeness (QED) is 0.744. The molecule has 3 rings (SSSR count). The van der Waals surface area contributed by atoms with Crippen LogP contribution in [-0.2, 0) is 6.42 Å². The summed E-state index contributed by atoms with van der Waals surface area (Å²) >= 11 is 0. The predicted molar refractivity (Wildman–Crippen MR) is 89.9 cm³/mol. The molecule has 1 fully saturated rings. The normalized spacial score (nSPS) is 22.7. The molecule has 2 aromatic rings. The summed E-state index contributed by atoms with van der Waals surface area (Å²) in [5, 5.41) is 22.5. The summed E-state index contributed by atoms with van der Waals surface area (Å²) in [6.45, 7) is 0.479. The third-order valence-corrected chi connectivity index (χ3v) is 4.82. The van der Waals surface area contributed by atoms with Crippen LogP contribution in [-0.4, -0.2) is 38.8 Å². The van der Waals surface area contributed by atoms with Crippen molar-refractivity contribution >= 4 is 11.8 Å². The van der Waals surface area contributed by atoms with E-state index in [0.717, 1.165) is 24.8 Å². The molecule has 2 unspecified atom stereocenters. The average molecular weight is 345 g/mol. The van der Waals surface area contributed by atoms with Crippen LogP contribution in [0.2, 0.25) is 0 Å². The predicted octanol–water partition coefficient (Wildman–Crippen LogP) is 2.50. The number of benzene rings is 1. The molecule has 1 aliphatic carbocycles. The SMILES string of the molecule is O=C(O)c1cnc(NCC2(Cc3ccc(F)cc3)CCCC2O)cn1. The van der Waals surface area contributed by atoms with Gasteiger partial charge in [0.1, 0.15) is 11.6 Å². The summed E-state index contributed by atoms with van der Waals surface area (Å²) in [7, 11) is 0. The van der Waals surface area contributed by atoms with Crippen LogP contribution in [0, 0.1) is 11.2 Å². The largest absolute Gasteiger partial charge is 0.476 e. The van der Waals surface area contributed by atoms with Crippen molar-refractivity contribution in [2.45, 2.75) is 31.8 Å². The number of rotatable bonds is 6. The lowest BCUT2D eigenvalue weighted by Gasteiger charge is -2.33. The van der Waals surface area contributed by atoms with Gasteiger partial charge in [-0.3, -0.25) is 0 Å². The van der Waals surface area contributed by atoms with E-state index in [4.69, 9.17) is 5.11 Å². The van der Waals surface area contributed by atoms with Gasteiger partial charge in [-0.15, -0.1) is 0 Å². The summed E-state index contributed by atoms with van der Waals surface area (Å²) in [4.78, 5) is 18.7. The Kier molecular flexibility index (Phi) is 4.94. The van der Waals surface area contributed by atoms with Gasteiger partial charge in [0.25, 0.3) is 0 Å². The maximum Gasteiger partial charge on any atom is 0.356 e. The van der Waals surface area contributed by atoms with E-state index in [1.165, 1.54) is 24.5 Å². The van der Waals surface area contributed by atoms with Gasteiger partial charge in [0, 0.05) is 12.0 Å². The number of carboxylic acid groups (broad SMARTS) is 1. The Morgan fingerprint density at radius 3 is 2.60 bits per heavy atom. The van der Waals surface area contributed by atoms with Gasteiger partial charge in [-0.25, -0.2) is 19.2 Å². The highest BCUT2D eigenvalue weighted by Gasteiger charge is 2.41. The lowest BCUT2D eigenvalue weighted by atomic mass is 9.78. The van der Waals surface area contributed by atoms with Crippen molar-refractivity contribution in [2.75, 3.05) is 11.9 Å². The minimum atomic E-state index is -1.13. The molecule has 0 saturated heterocycles. The Morgan fingerprint density at radius 1 is 1.28 bits per heavy atom. The smallest absolute Gasteiger partial charge is 0.356 e. The zero-order valence-corrected chi connectivity index (χ0v) is 13.7. The Bertz CT molecular complexity index is 736. The molecule has 25 heavy (non-hydrogen) atoms. The van der Waals surface area contributed by atoms with Crippen molar-refractivity contribution in [1.82, 2.24) is 9.97 Å². The summed E-state index contributed by atoms with van der Waals surface area (Å²) in [6, 6.07) is 6.33. The minimum Gasteiger partial charge on any atom is -0.476 e. The van der Waals surface area contributed by atoms with E-state index in [1.807, 2.05) is 0 Å². The molecule has 0 aliphatic heterocycles. The molecule has 1 aliphatic rings. The second kappa shape index (κ2) is 7.14. The maximum atomic E-state index is 13.1. The Hall–Kier alpha value is -2.54. The monoisotopic (exact) mass is 345 g/mol. The number of anilines is 1. The number of nitrogens with one attached hydrogen (secondary N) is 1. The fourth-order valence-electron chi connectivity index (χ4n) is 3.40. The first-order valence-corrected chi connectivity index (χ1v) is 8.20. The van der Waals surface area contributed by atoms with E-state index in [2.05, 4.69) is 15.3 Å². The highest BCUT2D eigenvalue weighted by molar-refractivity contribution is 5.84. The van der Waals surface area contributed by atoms with Crippen molar-refractivity contribution in [3.05, 3.63) is 53.7 Å². The topological polar surface area (TPSA) is 95.3 Å². The van der Waals surface area contributed by atoms with E-state index >= 15 is 0 Å². The molecule has 0 radical (unpaired) electrons. The van der Waals surface area contributed by atoms with Gasteiger partial charge in [-0.05, 0) is 37.0 Å². The van der Waals surface area contributed by atoms with Crippen LogP contribution in [0.15, 0.2) is 36.7 Å². The zero-order valence-electron chi connectivity index (χ0n) is 13.7. The average Bonchev–Trinajstić information content (AvgIpc) is 2.96. The molecule has 1 aromatic heterocycles. The van der Waals surface area contributed by atoms with Gasteiger partial charge in [0.05, 0.1) is 18.5 Å². The Morgan fingerprint density at radius 2 is 2.04 bits per heavy atom. The summed E-state index contributed by atoms with van der Waals surface area (Å²) in [6.07, 6.45) is 5.23. The molecule has 1 saturated carbocycles. The molecule has 2 atom stereocenters. The van der Waals surface area contributed by atoms with Crippen molar-refractivity contribution in [2.24, 2.45) is 5.41 Å².